The zero-order valence-corrected chi connectivity index (χ0v) is 8.87. The van der Waals surface area contributed by atoms with E-state index in [2.05, 4.69) is 46.8 Å². The van der Waals surface area contributed by atoms with Gasteiger partial charge >= 0.3 is 0 Å². The Kier molecular flexibility index (Phi) is 2.00. The minimum atomic E-state index is 1.07. The molecule has 0 fully saturated rings. The molecule has 0 amide bonds. The van der Waals surface area contributed by atoms with Crippen molar-refractivity contribution in [3.05, 3.63) is 53.4 Å². The standard InChI is InChI=1S/C13H9NS/c1-2-4-10-6-7-12(11(10)5-3-1)13-8-15-9-14-13/h1-9H. The number of nitrogens with zero attached hydrogens (tertiary/aromatic N) is 1. The second-order valence-corrected chi connectivity index (χ2v) is 4.12. The van der Waals surface area contributed by atoms with Crippen LogP contribution in [0.2, 0.25) is 0 Å². The van der Waals surface area contributed by atoms with Crippen LogP contribution in [-0.4, -0.2) is 4.98 Å². The van der Waals surface area contributed by atoms with Crippen LogP contribution in [0.25, 0.3) is 22.4 Å². The van der Waals surface area contributed by atoms with Crippen LogP contribution < -0.4 is 0 Å². The number of thiazole rings is 1. The minimum Gasteiger partial charge on any atom is -0.245 e. The van der Waals surface area contributed by atoms with Crippen molar-refractivity contribution in [3.63, 3.8) is 0 Å². The molecule has 0 N–H and O–H groups in total. The Hall–Kier alpha value is -1.67. The molecule has 2 aliphatic rings. The molecule has 1 aromatic heterocycles. The maximum atomic E-state index is 4.35. The largest absolute Gasteiger partial charge is 0.245 e. The molecular formula is C13H9NS. The molecule has 15 heavy (non-hydrogen) atoms. The summed E-state index contributed by atoms with van der Waals surface area (Å²) in [7, 11) is 0. The number of fused-ring (bicyclic) bond motifs is 1. The van der Waals surface area contributed by atoms with Crippen LogP contribution in [0, 0.1) is 0 Å². The van der Waals surface area contributed by atoms with E-state index in [0.717, 1.165) is 5.69 Å². The van der Waals surface area contributed by atoms with Gasteiger partial charge in [-0.25, -0.2) is 4.98 Å². The third kappa shape index (κ3) is 1.43. The summed E-state index contributed by atoms with van der Waals surface area (Å²) in [5.41, 5.74) is 6.70. The third-order valence-corrected chi connectivity index (χ3v) is 3.09. The summed E-state index contributed by atoms with van der Waals surface area (Å²) in [5.74, 6) is 0. The molecule has 1 aromatic rings. The van der Waals surface area contributed by atoms with E-state index in [-0.39, 0.29) is 0 Å². The molecule has 0 bridgehead atoms. The van der Waals surface area contributed by atoms with Gasteiger partial charge in [0.15, 0.2) is 0 Å². The number of hydrogen-bond donors (Lipinski definition) is 0. The third-order valence-electron chi connectivity index (χ3n) is 2.50. The summed E-state index contributed by atoms with van der Waals surface area (Å²) in [6.07, 6.45) is 0. The maximum Gasteiger partial charge on any atom is 0.0817 e. The lowest BCUT2D eigenvalue weighted by Gasteiger charge is -1.96. The van der Waals surface area contributed by atoms with Gasteiger partial charge in [0.1, 0.15) is 0 Å². The maximum absolute atomic E-state index is 4.35. The average Bonchev–Trinajstić information content (AvgIpc) is 2.83. The molecule has 0 aliphatic heterocycles. The summed E-state index contributed by atoms with van der Waals surface area (Å²) in [5, 5.41) is 2.09. The Balaban J connectivity index is 2.25. The first-order chi connectivity index (χ1) is 7.45. The number of aromatic nitrogens is 1. The molecule has 0 radical (unpaired) electrons. The van der Waals surface area contributed by atoms with Crippen LogP contribution >= 0.6 is 11.3 Å². The monoisotopic (exact) mass is 211 g/mol. The zero-order chi connectivity index (χ0) is 10.1. The molecule has 72 valence electrons. The molecule has 0 aromatic carbocycles. The zero-order valence-electron chi connectivity index (χ0n) is 8.05. The predicted molar refractivity (Wildman–Crippen MR) is 64.2 cm³/mol. The highest BCUT2D eigenvalue weighted by Gasteiger charge is 2.10. The second-order valence-electron chi connectivity index (χ2n) is 3.40. The molecule has 0 atom stereocenters. The van der Waals surface area contributed by atoms with E-state index in [1.54, 1.807) is 11.3 Å². The first-order valence-electron chi connectivity index (χ1n) is 4.81. The van der Waals surface area contributed by atoms with E-state index >= 15 is 0 Å². The van der Waals surface area contributed by atoms with Gasteiger partial charge in [-0.05, 0) is 11.1 Å². The number of hydrogen-bond acceptors (Lipinski definition) is 2. The van der Waals surface area contributed by atoms with Crippen molar-refractivity contribution in [1.29, 1.82) is 0 Å². The van der Waals surface area contributed by atoms with Crippen LogP contribution in [0.15, 0.2) is 53.4 Å². The smallest absolute Gasteiger partial charge is 0.0817 e. The lowest BCUT2D eigenvalue weighted by molar-refractivity contribution is 1.42. The molecule has 1 nitrogen and oxygen atoms in total. The van der Waals surface area contributed by atoms with E-state index in [1.807, 2.05) is 11.6 Å². The Labute approximate surface area is 92.4 Å². The summed E-state index contributed by atoms with van der Waals surface area (Å²) in [6, 6.07) is 14.7. The first kappa shape index (κ1) is 8.62. The van der Waals surface area contributed by atoms with Gasteiger partial charge in [-0.3, -0.25) is 0 Å². The molecule has 2 aliphatic carbocycles. The molecule has 0 unspecified atom stereocenters. The van der Waals surface area contributed by atoms with E-state index in [0.29, 0.717) is 0 Å². The lowest BCUT2D eigenvalue weighted by Crippen LogP contribution is -1.74. The number of rotatable bonds is 1. The Morgan fingerprint density at radius 2 is 1.80 bits per heavy atom. The van der Waals surface area contributed by atoms with Gasteiger partial charge in [-0.1, -0.05) is 42.5 Å². The second kappa shape index (κ2) is 3.48. The first-order valence-corrected chi connectivity index (χ1v) is 5.76. The van der Waals surface area contributed by atoms with Gasteiger partial charge in [0.2, 0.25) is 0 Å². The van der Waals surface area contributed by atoms with Crippen LogP contribution in [0.3, 0.4) is 0 Å². The van der Waals surface area contributed by atoms with Crippen molar-refractivity contribution in [3.8, 4) is 22.4 Å². The van der Waals surface area contributed by atoms with Gasteiger partial charge in [-0.15, -0.1) is 11.3 Å². The van der Waals surface area contributed by atoms with E-state index in [4.69, 9.17) is 0 Å². The summed E-state index contributed by atoms with van der Waals surface area (Å²) >= 11 is 1.63. The minimum absolute atomic E-state index is 1.07. The molecule has 1 heterocycles. The Bertz CT molecular complexity index is 542. The molecule has 2 heteroatoms. The summed E-state index contributed by atoms with van der Waals surface area (Å²) in [4.78, 5) is 4.35. The SMILES string of the molecule is c1ccc2ccc(-c3cscn3)c-2cc1. The topological polar surface area (TPSA) is 12.9 Å². The highest BCUT2D eigenvalue weighted by atomic mass is 32.1. The summed E-state index contributed by atoms with van der Waals surface area (Å²) < 4.78 is 0. The lowest BCUT2D eigenvalue weighted by atomic mass is 10.1. The molecular weight excluding hydrogens is 202 g/mol. The fourth-order valence-corrected chi connectivity index (χ4v) is 2.34. The molecule has 0 saturated heterocycles. The quantitative estimate of drug-likeness (QED) is 0.594. The van der Waals surface area contributed by atoms with Crippen LogP contribution in [0.1, 0.15) is 0 Å². The Morgan fingerprint density at radius 1 is 0.867 bits per heavy atom. The van der Waals surface area contributed by atoms with Gasteiger partial charge in [-0.2, -0.15) is 0 Å². The van der Waals surface area contributed by atoms with Gasteiger partial charge < -0.3 is 0 Å². The van der Waals surface area contributed by atoms with E-state index in [9.17, 15) is 0 Å². The van der Waals surface area contributed by atoms with Crippen LogP contribution in [-0.2, 0) is 0 Å². The van der Waals surface area contributed by atoms with Crippen molar-refractivity contribution in [1.82, 2.24) is 4.98 Å². The van der Waals surface area contributed by atoms with Crippen molar-refractivity contribution in [2.75, 3.05) is 0 Å². The van der Waals surface area contributed by atoms with Crippen molar-refractivity contribution >= 4 is 11.3 Å². The fraction of sp³-hybridized carbons (Fsp3) is 0. The van der Waals surface area contributed by atoms with E-state index in [1.165, 1.54) is 16.7 Å². The Morgan fingerprint density at radius 3 is 2.67 bits per heavy atom. The molecule has 0 spiro atoms. The highest BCUT2D eigenvalue weighted by Crippen LogP contribution is 2.34. The molecule has 3 rings (SSSR count). The highest BCUT2D eigenvalue weighted by molar-refractivity contribution is 7.07. The van der Waals surface area contributed by atoms with Crippen molar-refractivity contribution in [2.45, 2.75) is 0 Å². The fourth-order valence-electron chi connectivity index (χ4n) is 1.78. The molecule has 0 saturated carbocycles. The summed E-state index contributed by atoms with van der Waals surface area (Å²) in [6.45, 7) is 0. The van der Waals surface area contributed by atoms with Crippen LogP contribution in [0.5, 0.6) is 0 Å². The van der Waals surface area contributed by atoms with Crippen LogP contribution in [0.4, 0.5) is 0 Å². The van der Waals surface area contributed by atoms with Gasteiger partial charge in [0.05, 0.1) is 11.2 Å². The normalized spacial score (nSPS) is 10.7. The average molecular weight is 211 g/mol. The van der Waals surface area contributed by atoms with Crippen molar-refractivity contribution in [2.24, 2.45) is 0 Å². The predicted octanol–water partition coefficient (Wildman–Crippen LogP) is 3.91. The van der Waals surface area contributed by atoms with E-state index < -0.39 is 0 Å². The van der Waals surface area contributed by atoms with Gasteiger partial charge in [0, 0.05) is 10.9 Å². The van der Waals surface area contributed by atoms with Gasteiger partial charge in [0.25, 0.3) is 0 Å². The van der Waals surface area contributed by atoms with Crippen molar-refractivity contribution < 1.29 is 0 Å².